The molecule has 0 aliphatic heterocycles. The summed E-state index contributed by atoms with van der Waals surface area (Å²) < 4.78 is 32.0. The van der Waals surface area contributed by atoms with Crippen molar-refractivity contribution in [3.8, 4) is 5.75 Å². The van der Waals surface area contributed by atoms with Gasteiger partial charge in [-0.15, -0.1) is 11.3 Å². The standard InChI is InChI=1S/C13H12F2N2O2S/c1-7-8(5-11(20-7)13(18)17-16)6-19-12-9(14)3-2-4-10(12)15/h2-5H,6,16H2,1H3,(H,17,18). The Bertz CT molecular complexity index is 623. The predicted octanol–water partition coefficient (Wildman–Crippen LogP) is 2.52. The highest BCUT2D eigenvalue weighted by atomic mass is 32.1. The Balaban J connectivity index is 2.15. The van der Waals surface area contributed by atoms with E-state index in [0.717, 1.165) is 17.0 Å². The maximum Gasteiger partial charge on any atom is 0.275 e. The molecule has 2 rings (SSSR count). The lowest BCUT2D eigenvalue weighted by Crippen LogP contribution is -2.29. The summed E-state index contributed by atoms with van der Waals surface area (Å²) in [6.45, 7) is 1.76. The average molecular weight is 298 g/mol. The zero-order valence-electron chi connectivity index (χ0n) is 10.6. The van der Waals surface area contributed by atoms with E-state index in [2.05, 4.69) is 0 Å². The molecule has 0 aliphatic carbocycles. The number of thiophene rings is 1. The lowest BCUT2D eigenvalue weighted by molar-refractivity contribution is 0.0957. The van der Waals surface area contributed by atoms with Gasteiger partial charge >= 0.3 is 0 Å². The highest BCUT2D eigenvalue weighted by molar-refractivity contribution is 7.14. The highest BCUT2D eigenvalue weighted by Gasteiger charge is 2.14. The molecule has 0 saturated heterocycles. The average Bonchev–Trinajstić information content (AvgIpc) is 2.79. The number of ether oxygens (including phenoxy) is 1. The SMILES string of the molecule is Cc1sc(C(=O)NN)cc1COc1c(F)cccc1F. The van der Waals surface area contributed by atoms with E-state index in [4.69, 9.17) is 10.6 Å². The summed E-state index contributed by atoms with van der Waals surface area (Å²) in [5, 5.41) is 0. The number of aryl methyl sites for hydroxylation is 1. The number of carbonyl (C=O) groups is 1. The minimum absolute atomic E-state index is 0.0297. The molecule has 7 heteroatoms. The van der Waals surface area contributed by atoms with Crippen molar-refractivity contribution in [3.63, 3.8) is 0 Å². The van der Waals surface area contributed by atoms with Crippen molar-refractivity contribution >= 4 is 17.2 Å². The van der Waals surface area contributed by atoms with Gasteiger partial charge in [0.25, 0.3) is 5.91 Å². The van der Waals surface area contributed by atoms with Crippen molar-refractivity contribution < 1.29 is 18.3 Å². The first kappa shape index (κ1) is 14.4. The molecular formula is C13H12F2N2O2S. The van der Waals surface area contributed by atoms with Crippen molar-refractivity contribution in [1.82, 2.24) is 5.43 Å². The molecule has 0 bridgehead atoms. The number of hydrogen-bond acceptors (Lipinski definition) is 4. The molecule has 4 nitrogen and oxygen atoms in total. The molecule has 0 aliphatic rings. The maximum atomic E-state index is 13.4. The van der Waals surface area contributed by atoms with Crippen LogP contribution in [0.1, 0.15) is 20.1 Å². The van der Waals surface area contributed by atoms with Gasteiger partial charge in [0.1, 0.15) is 6.61 Å². The number of carbonyl (C=O) groups excluding carboxylic acids is 1. The summed E-state index contributed by atoms with van der Waals surface area (Å²) in [6.07, 6.45) is 0. The number of nitrogens with one attached hydrogen (secondary N) is 1. The van der Waals surface area contributed by atoms with E-state index in [1.165, 1.54) is 17.4 Å². The number of nitrogens with two attached hydrogens (primary N) is 1. The van der Waals surface area contributed by atoms with E-state index >= 15 is 0 Å². The smallest absolute Gasteiger partial charge is 0.275 e. The van der Waals surface area contributed by atoms with Crippen LogP contribution in [0.5, 0.6) is 5.75 Å². The van der Waals surface area contributed by atoms with Crippen LogP contribution in [-0.2, 0) is 6.61 Å². The Morgan fingerprint density at radius 3 is 2.65 bits per heavy atom. The summed E-state index contributed by atoms with van der Waals surface area (Å²) in [6, 6.07) is 5.08. The van der Waals surface area contributed by atoms with Gasteiger partial charge < -0.3 is 4.74 Å². The predicted molar refractivity (Wildman–Crippen MR) is 71.4 cm³/mol. The van der Waals surface area contributed by atoms with Crippen LogP contribution in [0.15, 0.2) is 24.3 Å². The van der Waals surface area contributed by atoms with Gasteiger partial charge in [0, 0.05) is 10.4 Å². The molecule has 0 atom stereocenters. The van der Waals surface area contributed by atoms with Crippen LogP contribution in [-0.4, -0.2) is 5.91 Å². The molecule has 0 unspecified atom stereocenters. The first-order valence-electron chi connectivity index (χ1n) is 5.70. The summed E-state index contributed by atoms with van der Waals surface area (Å²) in [5.74, 6) is 2.67. The molecule has 20 heavy (non-hydrogen) atoms. The van der Waals surface area contributed by atoms with Crippen molar-refractivity contribution in [1.29, 1.82) is 0 Å². The number of para-hydroxylation sites is 1. The van der Waals surface area contributed by atoms with E-state index in [0.29, 0.717) is 10.4 Å². The number of benzene rings is 1. The van der Waals surface area contributed by atoms with E-state index in [9.17, 15) is 13.6 Å². The number of hydrazine groups is 1. The van der Waals surface area contributed by atoms with Gasteiger partial charge in [-0.25, -0.2) is 14.6 Å². The normalized spacial score (nSPS) is 10.4. The molecule has 0 radical (unpaired) electrons. The number of halogens is 2. The lowest BCUT2D eigenvalue weighted by atomic mass is 10.2. The molecular weight excluding hydrogens is 286 g/mol. The summed E-state index contributed by atoms with van der Waals surface area (Å²) in [7, 11) is 0. The van der Waals surface area contributed by atoms with Gasteiger partial charge in [-0.2, -0.15) is 0 Å². The Hall–Kier alpha value is -1.99. The van der Waals surface area contributed by atoms with Gasteiger partial charge in [0.05, 0.1) is 4.88 Å². The monoisotopic (exact) mass is 298 g/mol. The second-order valence-electron chi connectivity index (χ2n) is 4.00. The summed E-state index contributed by atoms with van der Waals surface area (Å²) in [5.41, 5.74) is 2.70. The van der Waals surface area contributed by atoms with E-state index in [1.807, 2.05) is 5.43 Å². The fourth-order valence-corrected chi connectivity index (χ4v) is 2.55. The topological polar surface area (TPSA) is 64.4 Å². The Morgan fingerprint density at radius 2 is 2.05 bits per heavy atom. The van der Waals surface area contributed by atoms with Crippen molar-refractivity contribution in [2.75, 3.05) is 0 Å². The van der Waals surface area contributed by atoms with Gasteiger partial charge in [0.2, 0.25) is 0 Å². The maximum absolute atomic E-state index is 13.4. The van der Waals surface area contributed by atoms with Crippen molar-refractivity contribution in [3.05, 3.63) is 51.2 Å². The van der Waals surface area contributed by atoms with Crippen molar-refractivity contribution in [2.24, 2.45) is 5.84 Å². The van der Waals surface area contributed by atoms with Gasteiger partial charge in [-0.3, -0.25) is 10.2 Å². The molecule has 1 heterocycles. The van der Waals surface area contributed by atoms with Crippen LogP contribution in [0.25, 0.3) is 0 Å². The molecule has 1 amide bonds. The fourth-order valence-electron chi connectivity index (χ4n) is 1.62. The molecule has 106 valence electrons. The highest BCUT2D eigenvalue weighted by Crippen LogP contribution is 2.25. The molecule has 1 aromatic carbocycles. The van der Waals surface area contributed by atoms with Gasteiger partial charge in [-0.05, 0) is 25.1 Å². The largest absolute Gasteiger partial charge is 0.483 e. The van der Waals surface area contributed by atoms with Gasteiger partial charge in [0.15, 0.2) is 17.4 Å². The Kier molecular flexibility index (Phi) is 4.31. The lowest BCUT2D eigenvalue weighted by Gasteiger charge is -2.07. The molecule has 2 aromatic rings. The zero-order valence-corrected chi connectivity index (χ0v) is 11.4. The second-order valence-corrected chi connectivity index (χ2v) is 5.26. The van der Waals surface area contributed by atoms with Crippen LogP contribution < -0.4 is 16.0 Å². The molecule has 1 aromatic heterocycles. The number of nitrogen functional groups attached to an aromatic ring is 1. The third kappa shape index (κ3) is 2.94. The quantitative estimate of drug-likeness (QED) is 0.518. The minimum atomic E-state index is -0.766. The van der Waals surface area contributed by atoms with E-state index in [-0.39, 0.29) is 6.61 Å². The van der Waals surface area contributed by atoms with Crippen LogP contribution in [0, 0.1) is 18.6 Å². The number of hydrogen-bond donors (Lipinski definition) is 2. The third-order valence-electron chi connectivity index (χ3n) is 2.67. The van der Waals surface area contributed by atoms with Crippen LogP contribution in [0.3, 0.4) is 0 Å². The van der Waals surface area contributed by atoms with E-state index in [1.54, 1.807) is 13.0 Å². The summed E-state index contributed by atoms with van der Waals surface area (Å²) >= 11 is 1.23. The van der Waals surface area contributed by atoms with Crippen molar-refractivity contribution in [2.45, 2.75) is 13.5 Å². The number of amides is 1. The number of rotatable bonds is 4. The first-order valence-corrected chi connectivity index (χ1v) is 6.51. The van der Waals surface area contributed by atoms with Crippen LogP contribution in [0.2, 0.25) is 0 Å². The fraction of sp³-hybridized carbons (Fsp3) is 0.154. The molecule has 0 spiro atoms. The third-order valence-corrected chi connectivity index (χ3v) is 3.76. The van der Waals surface area contributed by atoms with Gasteiger partial charge in [-0.1, -0.05) is 6.07 Å². The molecule has 0 saturated carbocycles. The van der Waals surface area contributed by atoms with E-state index < -0.39 is 23.3 Å². The first-order chi connectivity index (χ1) is 9.52. The summed E-state index contributed by atoms with van der Waals surface area (Å²) in [4.78, 5) is 12.6. The zero-order chi connectivity index (χ0) is 14.7. The minimum Gasteiger partial charge on any atom is -0.483 e. The second kappa shape index (κ2) is 5.98. The molecule has 3 N–H and O–H groups in total. The van der Waals surface area contributed by atoms with Crippen LogP contribution in [0.4, 0.5) is 8.78 Å². The Labute approximate surface area is 118 Å². The van der Waals surface area contributed by atoms with Crippen LogP contribution >= 0.6 is 11.3 Å². The Morgan fingerprint density at radius 1 is 1.40 bits per heavy atom. The molecule has 0 fully saturated rings.